The molecule has 1 amide bonds. The molecule has 11 nitrogen and oxygen atoms in total. The zero-order valence-corrected chi connectivity index (χ0v) is 20.7. The van der Waals surface area contributed by atoms with Gasteiger partial charge in [-0.25, -0.2) is 0 Å². The minimum absolute atomic E-state index is 0. The molecule has 0 spiro atoms. The molecule has 1 saturated carbocycles. The van der Waals surface area contributed by atoms with Gasteiger partial charge in [-0.2, -0.15) is 0 Å². The molecule has 1 aromatic rings. The Labute approximate surface area is 208 Å². The second-order valence-corrected chi connectivity index (χ2v) is 9.95. The molecule has 192 valence electrons. The fourth-order valence-electron chi connectivity index (χ4n) is 6.30. The lowest BCUT2D eigenvalue weighted by Crippen LogP contribution is -2.66. The van der Waals surface area contributed by atoms with Crippen LogP contribution in [0.4, 0.5) is 11.4 Å². The summed E-state index contributed by atoms with van der Waals surface area (Å²) < 4.78 is 0. The summed E-state index contributed by atoms with van der Waals surface area (Å²) in [6.07, 6.45) is 0.396. The van der Waals surface area contributed by atoms with Gasteiger partial charge in [0.15, 0.2) is 17.4 Å². The van der Waals surface area contributed by atoms with Crippen LogP contribution in [0.2, 0.25) is 0 Å². The molecule has 0 saturated heterocycles. The Bertz CT molecular complexity index is 1150. The molecule has 8 N–H and O–H groups in total. The number of phenols is 1. The highest BCUT2D eigenvalue weighted by molar-refractivity contribution is 6.21. The molecule has 0 radical (unpaired) electrons. The third-order valence-electron chi connectivity index (χ3n) is 7.55. The maximum atomic E-state index is 13.7. The Hall–Kier alpha value is -2.86. The molecule has 1 fully saturated rings. The highest BCUT2D eigenvalue weighted by Crippen LogP contribution is 2.55. The van der Waals surface area contributed by atoms with Crippen molar-refractivity contribution in [3.05, 3.63) is 28.5 Å². The monoisotopic (exact) mass is 510 g/mol. The number of hydrogen-bond donors (Lipinski definition) is 6. The van der Waals surface area contributed by atoms with Crippen molar-refractivity contribution < 1.29 is 34.8 Å². The molecule has 1 aromatic carbocycles. The van der Waals surface area contributed by atoms with E-state index in [2.05, 4.69) is 0 Å². The first-order chi connectivity index (χ1) is 15.7. The number of Topliss-reactive ketones (excluding diaryl/α,β-unsaturated/α-hetero) is 2. The van der Waals surface area contributed by atoms with Crippen molar-refractivity contribution in [3.63, 3.8) is 0 Å². The molecule has 5 atom stereocenters. The number of aliphatic hydroxyl groups excluding tert-OH is 1. The van der Waals surface area contributed by atoms with Crippen LogP contribution in [0.25, 0.3) is 0 Å². The van der Waals surface area contributed by atoms with Gasteiger partial charge in [0, 0.05) is 19.8 Å². The highest BCUT2D eigenvalue weighted by Gasteiger charge is 2.65. The standard InChI is InChI=1S/C23H30N4O7.ClH/c1-26(2)12-7-11(24)18(28)13-9(12)5-8-6-10-16(23(33,34)15(8)19(13)29)20(30)14(22(25)32)21(31)17(10)27(3)4;/h7-8,10,15-17,28,31,33-34H,5-6,24H2,1-4H3,(H2,25,32);1H/t8?,10?,15?,16?,17-;/m0./s1. The number of nitrogen functional groups attached to an aromatic ring is 1. The zero-order chi connectivity index (χ0) is 25.4. The molecule has 0 bridgehead atoms. The number of halogens is 1. The second kappa shape index (κ2) is 8.66. The summed E-state index contributed by atoms with van der Waals surface area (Å²) in [6.45, 7) is 0. The number of aliphatic hydroxyl groups is 3. The number of benzene rings is 1. The van der Waals surface area contributed by atoms with Gasteiger partial charge in [-0.3, -0.25) is 19.3 Å². The number of rotatable bonds is 3. The van der Waals surface area contributed by atoms with Crippen molar-refractivity contribution in [2.45, 2.75) is 24.7 Å². The van der Waals surface area contributed by atoms with Gasteiger partial charge in [-0.15, -0.1) is 12.4 Å². The van der Waals surface area contributed by atoms with E-state index < -0.39 is 70.1 Å². The summed E-state index contributed by atoms with van der Waals surface area (Å²) in [5, 5.41) is 44.1. The largest absolute Gasteiger partial charge is 0.510 e. The van der Waals surface area contributed by atoms with E-state index in [-0.39, 0.29) is 36.5 Å². The van der Waals surface area contributed by atoms with Crippen LogP contribution in [0, 0.1) is 23.7 Å². The molecule has 0 aromatic heterocycles. The van der Waals surface area contributed by atoms with Crippen LogP contribution in [0.1, 0.15) is 22.3 Å². The Morgan fingerprint density at radius 3 is 2.20 bits per heavy atom. The first-order valence-electron chi connectivity index (χ1n) is 11.0. The molecule has 35 heavy (non-hydrogen) atoms. The predicted octanol–water partition coefficient (Wildman–Crippen LogP) is -0.439. The van der Waals surface area contributed by atoms with Gasteiger partial charge in [-0.1, -0.05) is 0 Å². The molecule has 3 aliphatic rings. The molecule has 4 rings (SSSR count). The lowest BCUT2D eigenvalue weighted by atomic mass is 9.54. The highest BCUT2D eigenvalue weighted by atomic mass is 35.5. The SMILES string of the molecule is CN(C)c1cc(N)c(O)c2c1CC1CC3C(C(=O)C(C(N)=O)=C(O)[C@H]3N(C)C)C(O)(O)C1C2=O.Cl. The average Bonchev–Trinajstić information content (AvgIpc) is 2.68. The van der Waals surface area contributed by atoms with Crippen LogP contribution in [0.3, 0.4) is 0 Å². The number of primary amides is 1. The normalized spacial score (nSPS) is 29.2. The van der Waals surface area contributed by atoms with Crippen molar-refractivity contribution >= 4 is 41.3 Å². The second-order valence-electron chi connectivity index (χ2n) is 9.95. The average molecular weight is 511 g/mol. The number of carbonyl (C=O) groups excluding carboxylic acids is 3. The van der Waals surface area contributed by atoms with Crippen molar-refractivity contribution in [2.75, 3.05) is 38.8 Å². The van der Waals surface area contributed by atoms with Crippen LogP contribution in [0.5, 0.6) is 5.75 Å². The molecular formula is C23H31ClN4O7. The number of ketones is 2. The Morgan fingerprint density at radius 2 is 1.69 bits per heavy atom. The third-order valence-corrected chi connectivity index (χ3v) is 7.55. The van der Waals surface area contributed by atoms with Crippen molar-refractivity contribution in [1.82, 2.24) is 4.90 Å². The number of aromatic hydroxyl groups is 1. The number of phenolic OH excluding ortho intramolecular Hbond substituents is 1. The van der Waals surface area contributed by atoms with E-state index >= 15 is 0 Å². The van der Waals surface area contributed by atoms with E-state index in [1.165, 1.54) is 0 Å². The first-order valence-corrected chi connectivity index (χ1v) is 11.0. The first kappa shape index (κ1) is 26.7. The van der Waals surface area contributed by atoms with E-state index in [1.807, 2.05) is 0 Å². The van der Waals surface area contributed by atoms with E-state index in [9.17, 15) is 34.8 Å². The molecule has 12 heteroatoms. The number of fused-ring (bicyclic) bond motifs is 3. The molecular weight excluding hydrogens is 480 g/mol. The molecule has 3 aliphatic carbocycles. The number of amides is 1. The quantitative estimate of drug-likeness (QED) is 0.134. The van der Waals surface area contributed by atoms with Gasteiger partial charge in [0.2, 0.25) is 0 Å². The zero-order valence-electron chi connectivity index (χ0n) is 19.8. The van der Waals surface area contributed by atoms with Gasteiger partial charge in [0.05, 0.1) is 29.1 Å². The maximum Gasteiger partial charge on any atom is 0.255 e. The Morgan fingerprint density at radius 1 is 1.09 bits per heavy atom. The fourth-order valence-corrected chi connectivity index (χ4v) is 6.30. The van der Waals surface area contributed by atoms with Crippen LogP contribution in [-0.2, 0) is 16.0 Å². The summed E-state index contributed by atoms with van der Waals surface area (Å²) in [6, 6.07) is 0.661. The van der Waals surface area contributed by atoms with E-state index in [0.717, 1.165) is 0 Å². The smallest absolute Gasteiger partial charge is 0.255 e. The summed E-state index contributed by atoms with van der Waals surface area (Å²) >= 11 is 0. The van der Waals surface area contributed by atoms with Crippen molar-refractivity contribution in [3.8, 4) is 5.75 Å². The Kier molecular flexibility index (Phi) is 6.62. The third kappa shape index (κ3) is 3.65. The topological polar surface area (TPSA) is 191 Å². The predicted molar refractivity (Wildman–Crippen MR) is 129 cm³/mol. The summed E-state index contributed by atoms with van der Waals surface area (Å²) in [7, 11) is 6.78. The van der Waals surface area contributed by atoms with Crippen LogP contribution in [-0.4, -0.2) is 82.8 Å². The number of anilines is 2. The number of hydrogen-bond acceptors (Lipinski definition) is 10. The minimum Gasteiger partial charge on any atom is -0.510 e. The van der Waals surface area contributed by atoms with Gasteiger partial charge in [0.25, 0.3) is 5.91 Å². The molecule has 0 aliphatic heterocycles. The van der Waals surface area contributed by atoms with Crippen LogP contribution < -0.4 is 16.4 Å². The Balaban J connectivity index is 0.00000342. The maximum absolute atomic E-state index is 13.7. The fraction of sp³-hybridized carbons (Fsp3) is 0.522. The van der Waals surface area contributed by atoms with Gasteiger partial charge < -0.3 is 36.8 Å². The number of nitrogens with zero attached hydrogens (tertiary/aromatic N) is 2. The van der Waals surface area contributed by atoms with Crippen molar-refractivity contribution in [1.29, 1.82) is 0 Å². The molecule has 4 unspecified atom stereocenters. The summed E-state index contributed by atoms with van der Waals surface area (Å²) in [5.41, 5.74) is 11.6. The number of carbonyl (C=O) groups is 3. The summed E-state index contributed by atoms with van der Waals surface area (Å²) in [5.74, 6) is -11.2. The minimum atomic E-state index is -2.86. The number of likely N-dealkylation sites (N-methyl/N-ethyl adjacent to an activating group) is 1. The van der Waals surface area contributed by atoms with Crippen LogP contribution in [0.15, 0.2) is 17.4 Å². The number of nitrogens with two attached hydrogens (primary N) is 2. The van der Waals surface area contributed by atoms with E-state index in [0.29, 0.717) is 11.3 Å². The van der Waals surface area contributed by atoms with E-state index in [4.69, 9.17) is 11.5 Å². The summed E-state index contributed by atoms with van der Waals surface area (Å²) in [4.78, 5) is 42.2. The van der Waals surface area contributed by atoms with Crippen LogP contribution >= 0.6 is 12.4 Å². The molecule has 0 heterocycles. The van der Waals surface area contributed by atoms with Gasteiger partial charge in [0.1, 0.15) is 17.1 Å². The van der Waals surface area contributed by atoms with Gasteiger partial charge in [-0.05, 0) is 50.4 Å². The van der Waals surface area contributed by atoms with E-state index in [1.54, 1.807) is 44.1 Å². The van der Waals surface area contributed by atoms with Crippen molar-refractivity contribution in [2.24, 2.45) is 29.4 Å². The lowest BCUT2D eigenvalue weighted by Gasteiger charge is -2.54. The van der Waals surface area contributed by atoms with Gasteiger partial charge >= 0.3 is 0 Å². The lowest BCUT2D eigenvalue weighted by molar-refractivity contribution is -0.262.